The summed E-state index contributed by atoms with van der Waals surface area (Å²) in [5.74, 6) is -1.21. The molecule has 3 aromatic carbocycles. The summed E-state index contributed by atoms with van der Waals surface area (Å²) in [4.78, 5) is 28.4. The number of ketones is 1. The molecule has 1 amide bonds. The molecule has 0 aliphatic carbocycles. The van der Waals surface area contributed by atoms with Crippen LogP contribution in [0.15, 0.2) is 60.2 Å². The minimum atomic E-state index is -1.01. The highest BCUT2D eigenvalue weighted by molar-refractivity contribution is 6.51. The van der Waals surface area contributed by atoms with Crippen LogP contribution in [0.4, 0.5) is 5.69 Å². The van der Waals surface area contributed by atoms with Gasteiger partial charge in [-0.05, 0) is 72.9 Å². The molecule has 2 N–H and O–H groups in total. The fraction of sp³-hybridized carbons (Fsp3) is 0.290. The SMILES string of the molecule is CCOc1cc(C2/C(=C(\O)c3ccc(OC)c(C(C)(C)C)c3)C(=O)C(=O)N2c2ccc(C)c(Cl)c2)ccc1O. The van der Waals surface area contributed by atoms with E-state index < -0.39 is 17.7 Å². The number of carbonyl (C=O) groups excluding carboxylic acids is 2. The minimum Gasteiger partial charge on any atom is -0.507 e. The van der Waals surface area contributed by atoms with Gasteiger partial charge in [0.2, 0.25) is 0 Å². The number of phenolic OH excluding ortho intramolecular Hbond substituents is 1. The second-order valence-electron chi connectivity index (χ2n) is 10.4. The van der Waals surface area contributed by atoms with Crippen molar-refractivity contribution in [3.8, 4) is 17.2 Å². The summed E-state index contributed by atoms with van der Waals surface area (Å²) in [5, 5.41) is 22.4. The summed E-state index contributed by atoms with van der Waals surface area (Å²) < 4.78 is 11.1. The quantitative estimate of drug-likeness (QED) is 0.202. The Hall–Kier alpha value is -3.97. The van der Waals surface area contributed by atoms with Crippen molar-refractivity contribution in [1.29, 1.82) is 0 Å². The number of halogens is 1. The van der Waals surface area contributed by atoms with E-state index in [1.54, 1.807) is 62.6 Å². The molecule has 3 aromatic rings. The Labute approximate surface area is 233 Å². The number of amides is 1. The highest BCUT2D eigenvalue weighted by Gasteiger charge is 2.47. The summed E-state index contributed by atoms with van der Waals surface area (Å²) in [6, 6.07) is 13.8. The zero-order chi connectivity index (χ0) is 28.6. The third-order valence-corrected chi connectivity index (χ3v) is 7.17. The van der Waals surface area contributed by atoms with E-state index in [1.807, 2.05) is 27.7 Å². The molecule has 8 heteroatoms. The molecule has 0 spiro atoms. The molecule has 1 heterocycles. The van der Waals surface area contributed by atoms with Crippen molar-refractivity contribution in [3.63, 3.8) is 0 Å². The number of anilines is 1. The lowest BCUT2D eigenvalue weighted by Gasteiger charge is -2.26. The number of carbonyl (C=O) groups is 2. The molecule has 4 rings (SSSR count). The number of benzene rings is 3. The van der Waals surface area contributed by atoms with Crippen LogP contribution in [0.2, 0.25) is 5.02 Å². The molecule has 1 atom stereocenters. The number of hydrogen-bond acceptors (Lipinski definition) is 6. The number of aliphatic hydroxyl groups excluding tert-OH is 1. The maximum absolute atomic E-state index is 13.6. The van der Waals surface area contributed by atoms with E-state index in [2.05, 4.69) is 0 Å². The van der Waals surface area contributed by atoms with E-state index >= 15 is 0 Å². The zero-order valence-corrected chi connectivity index (χ0v) is 23.6. The highest BCUT2D eigenvalue weighted by atomic mass is 35.5. The monoisotopic (exact) mass is 549 g/mol. The number of methoxy groups -OCH3 is 1. The number of phenols is 1. The van der Waals surface area contributed by atoms with Crippen LogP contribution in [0.5, 0.6) is 17.2 Å². The van der Waals surface area contributed by atoms with Crippen LogP contribution in [0.25, 0.3) is 5.76 Å². The number of aromatic hydroxyl groups is 1. The largest absolute Gasteiger partial charge is 0.507 e. The van der Waals surface area contributed by atoms with Crippen LogP contribution < -0.4 is 14.4 Å². The summed E-state index contributed by atoms with van der Waals surface area (Å²) >= 11 is 6.39. The van der Waals surface area contributed by atoms with Gasteiger partial charge in [-0.3, -0.25) is 14.5 Å². The smallest absolute Gasteiger partial charge is 0.300 e. The van der Waals surface area contributed by atoms with E-state index in [4.69, 9.17) is 21.1 Å². The van der Waals surface area contributed by atoms with Crippen LogP contribution >= 0.6 is 11.6 Å². The second-order valence-corrected chi connectivity index (χ2v) is 10.8. The number of aryl methyl sites for hydroxylation is 1. The van der Waals surface area contributed by atoms with Gasteiger partial charge >= 0.3 is 0 Å². The molecule has 0 saturated carbocycles. The van der Waals surface area contributed by atoms with Crippen molar-refractivity contribution in [2.24, 2.45) is 0 Å². The van der Waals surface area contributed by atoms with Crippen molar-refractivity contribution in [2.45, 2.75) is 46.1 Å². The summed E-state index contributed by atoms with van der Waals surface area (Å²) in [5.41, 5.74) is 2.46. The van der Waals surface area contributed by atoms with Crippen LogP contribution in [0.3, 0.4) is 0 Å². The van der Waals surface area contributed by atoms with E-state index in [0.717, 1.165) is 11.1 Å². The van der Waals surface area contributed by atoms with Crippen LogP contribution in [-0.4, -0.2) is 35.6 Å². The Kier molecular flexibility index (Phi) is 7.66. The van der Waals surface area contributed by atoms with Crippen molar-refractivity contribution in [3.05, 3.63) is 87.4 Å². The molecule has 1 aliphatic rings. The predicted octanol–water partition coefficient (Wildman–Crippen LogP) is 6.69. The third-order valence-electron chi connectivity index (χ3n) is 6.76. The molecular weight excluding hydrogens is 518 g/mol. The molecule has 0 aromatic heterocycles. The van der Waals surface area contributed by atoms with Gasteiger partial charge in [0, 0.05) is 21.8 Å². The number of aliphatic hydroxyl groups is 1. The number of nitrogens with zero attached hydrogens (tertiary/aromatic N) is 1. The fourth-order valence-corrected chi connectivity index (χ4v) is 4.89. The first kappa shape index (κ1) is 28.0. The molecule has 0 bridgehead atoms. The number of rotatable bonds is 6. The zero-order valence-electron chi connectivity index (χ0n) is 22.8. The molecule has 0 radical (unpaired) electrons. The molecule has 7 nitrogen and oxygen atoms in total. The molecule has 1 aliphatic heterocycles. The average molecular weight is 550 g/mol. The van der Waals surface area contributed by atoms with Crippen LogP contribution in [-0.2, 0) is 15.0 Å². The van der Waals surface area contributed by atoms with Gasteiger partial charge in [0.15, 0.2) is 11.5 Å². The topological polar surface area (TPSA) is 96.3 Å². The van der Waals surface area contributed by atoms with Crippen LogP contribution in [0, 0.1) is 6.92 Å². The number of hydrogen-bond donors (Lipinski definition) is 2. The number of ether oxygens (including phenoxy) is 2. The van der Waals surface area contributed by atoms with Crippen molar-refractivity contribution < 1.29 is 29.3 Å². The average Bonchev–Trinajstić information content (AvgIpc) is 3.16. The summed E-state index contributed by atoms with van der Waals surface area (Å²) in [7, 11) is 1.57. The first-order valence-corrected chi connectivity index (χ1v) is 13.0. The number of Topliss-reactive ketones (excluding diaryl/α,β-unsaturated/α-hetero) is 1. The second kappa shape index (κ2) is 10.7. The Balaban J connectivity index is 1.99. The van der Waals surface area contributed by atoms with Gasteiger partial charge in [0.1, 0.15) is 11.5 Å². The van der Waals surface area contributed by atoms with Crippen molar-refractivity contribution >= 4 is 34.7 Å². The van der Waals surface area contributed by atoms with Gasteiger partial charge in [0.25, 0.3) is 11.7 Å². The van der Waals surface area contributed by atoms with E-state index in [0.29, 0.717) is 34.2 Å². The lowest BCUT2D eigenvalue weighted by Crippen LogP contribution is -2.29. The lowest BCUT2D eigenvalue weighted by molar-refractivity contribution is -0.132. The van der Waals surface area contributed by atoms with Gasteiger partial charge in [-0.15, -0.1) is 0 Å². The van der Waals surface area contributed by atoms with Crippen LogP contribution in [0.1, 0.15) is 56.0 Å². The van der Waals surface area contributed by atoms with Gasteiger partial charge < -0.3 is 19.7 Å². The Morgan fingerprint density at radius 3 is 2.36 bits per heavy atom. The normalized spacial score (nSPS) is 17.0. The van der Waals surface area contributed by atoms with Gasteiger partial charge in [-0.1, -0.05) is 44.5 Å². The molecule has 204 valence electrons. The summed E-state index contributed by atoms with van der Waals surface area (Å²) in [6.45, 7) is 9.96. The molecular formula is C31H32ClNO6. The first-order chi connectivity index (χ1) is 18.4. The summed E-state index contributed by atoms with van der Waals surface area (Å²) in [6.07, 6.45) is 0. The molecule has 1 saturated heterocycles. The Bertz CT molecular complexity index is 1490. The van der Waals surface area contributed by atoms with Gasteiger partial charge in [-0.25, -0.2) is 0 Å². The fourth-order valence-electron chi connectivity index (χ4n) is 4.71. The maximum Gasteiger partial charge on any atom is 0.300 e. The Morgan fingerprint density at radius 2 is 1.74 bits per heavy atom. The van der Waals surface area contributed by atoms with Gasteiger partial charge in [0.05, 0.1) is 25.3 Å². The Morgan fingerprint density at radius 1 is 1.03 bits per heavy atom. The van der Waals surface area contributed by atoms with Crippen molar-refractivity contribution in [1.82, 2.24) is 0 Å². The lowest BCUT2D eigenvalue weighted by atomic mass is 9.84. The van der Waals surface area contributed by atoms with E-state index in [1.165, 1.54) is 11.0 Å². The minimum absolute atomic E-state index is 0.0825. The maximum atomic E-state index is 13.6. The van der Waals surface area contributed by atoms with Crippen molar-refractivity contribution in [2.75, 3.05) is 18.6 Å². The third kappa shape index (κ3) is 5.19. The van der Waals surface area contributed by atoms with E-state index in [9.17, 15) is 19.8 Å². The van der Waals surface area contributed by atoms with Gasteiger partial charge in [-0.2, -0.15) is 0 Å². The van der Waals surface area contributed by atoms with E-state index in [-0.39, 0.29) is 28.2 Å². The highest BCUT2D eigenvalue weighted by Crippen LogP contribution is 2.45. The predicted molar refractivity (Wildman–Crippen MR) is 152 cm³/mol. The molecule has 1 fully saturated rings. The first-order valence-electron chi connectivity index (χ1n) is 12.6. The molecule has 39 heavy (non-hydrogen) atoms. The molecule has 1 unspecified atom stereocenters. The standard InChI is InChI=1S/C31H32ClNO6/c1-7-39-25-15-18(9-12-23(25)34)27-26(28(35)19-10-13-24(38-6)21(14-19)31(3,4)5)29(36)30(37)33(27)20-11-8-17(2)22(32)16-20/h8-16,27,34-35H,7H2,1-6H3/b28-26+.